The Hall–Kier alpha value is -1.30. The van der Waals surface area contributed by atoms with Crippen molar-refractivity contribution >= 4 is 11.7 Å². The molecule has 6 heteroatoms. The molecule has 2 fully saturated rings. The molecule has 2 rings (SSSR count). The predicted molar refractivity (Wildman–Crippen MR) is 68.4 cm³/mol. The average Bonchev–Trinajstić information content (AvgIpc) is 3.08. The molecule has 0 aromatic rings. The van der Waals surface area contributed by atoms with Crippen LogP contribution in [0, 0.1) is 5.41 Å². The van der Waals surface area contributed by atoms with Gasteiger partial charge in [0.1, 0.15) is 5.41 Å². The number of hydrogen-bond acceptors (Lipinski definition) is 4. The molecule has 6 nitrogen and oxygen atoms in total. The van der Waals surface area contributed by atoms with E-state index in [1.807, 2.05) is 0 Å². The van der Waals surface area contributed by atoms with E-state index in [2.05, 4.69) is 22.3 Å². The molecule has 4 N–H and O–H groups in total. The van der Waals surface area contributed by atoms with Gasteiger partial charge in [0.05, 0.1) is 0 Å². The van der Waals surface area contributed by atoms with Crippen LogP contribution >= 0.6 is 0 Å². The van der Waals surface area contributed by atoms with Gasteiger partial charge in [0.25, 0.3) is 0 Å². The molecule has 102 valence electrons. The number of nitrogens with one attached hydrogen (secondary N) is 1. The minimum atomic E-state index is -0.732. The number of rotatable bonds is 5. The Bertz CT molecular complexity index is 352. The number of hydrogen-bond donors (Lipinski definition) is 3. The number of nitrogens with zero attached hydrogens (tertiary/aromatic N) is 2. The van der Waals surface area contributed by atoms with Crippen LogP contribution in [0.15, 0.2) is 5.16 Å². The van der Waals surface area contributed by atoms with Crippen LogP contribution in [0.2, 0.25) is 0 Å². The minimum Gasteiger partial charge on any atom is -0.409 e. The second-order valence-electron chi connectivity index (χ2n) is 5.20. The normalized spacial score (nSPS) is 27.2. The molecule has 1 saturated carbocycles. The van der Waals surface area contributed by atoms with Gasteiger partial charge in [0.2, 0.25) is 5.91 Å². The highest BCUT2D eigenvalue weighted by atomic mass is 16.4. The van der Waals surface area contributed by atoms with Crippen LogP contribution in [0.1, 0.15) is 32.6 Å². The number of amidine groups is 1. The van der Waals surface area contributed by atoms with E-state index < -0.39 is 5.41 Å². The van der Waals surface area contributed by atoms with Gasteiger partial charge in [-0.1, -0.05) is 12.1 Å². The highest BCUT2D eigenvalue weighted by Crippen LogP contribution is 2.46. The summed E-state index contributed by atoms with van der Waals surface area (Å²) in [5, 5.41) is 14.6. The lowest BCUT2D eigenvalue weighted by Gasteiger charge is -2.24. The maximum absolute atomic E-state index is 12.1. The lowest BCUT2D eigenvalue weighted by molar-refractivity contribution is -0.124. The minimum absolute atomic E-state index is 0.0405. The summed E-state index contributed by atoms with van der Waals surface area (Å²) in [5.41, 5.74) is 4.85. The molecule has 1 heterocycles. The molecule has 0 radical (unpaired) electrons. The van der Waals surface area contributed by atoms with Gasteiger partial charge < -0.3 is 16.3 Å². The molecular formula is C12H22N4O2. The molecule has 1 atom stereocenters. The quantitative estimate of drug-likeness (QED) is 0.281. The molecule has 1 unspecified atom stereocenters. The molecule has 2 aliphatic rings. The third kappa shape index (κ3) is 2.29. The third-order valence-corrected chi connectivity index (χ3v) is 4.19. The fraction of sp³-hybridized carbons (Fsp3) is 0.833. The topological polar surface area (TPSA) is 91.0 Å². The Morgan fingerprint density at radius 3 is 2.89 bits per heavy atom. The third-order valence-electron chi connectivity index (χ3n) is 4.19. The number of carbonyl (C=O) groups is 1. The summed E-state index contributed by atoms with van der Waals surface area (Å²) in [6.45, 7) is 4.93. The van der Waals surface area contributed by atoms with E-state index in [0.717, 1.165) is 19.5 Å². The summed E-state index contributed by atoms with van der Waals surface area (Å²) in [4.78, 5) is 14.5. The Morgan fingerprint density at radius 2 is 2.33 bits per heavy atom. The second-order valence-corrected chi connectivity index (χ2v) is 5.20. The number of likely N-dealkylation sites (N-methyl/N-ethyl adjacent to an activating group) is 1. The van der Waals surface area contributed by atoms with Gasteiger partial charge in [-0.15, -0.1) is 0 Å². The summed E-state index contributed by atoms with van der Waals surface area (Å²) in [6.07, 6.45) is 3.68. The molecule has 1 amide bonds. The van der Waals surface area contributed by atoms with E-state index in [1.165, 1.54) is 6.42 Å². The Kier molecular flexibility index (Phi) is 3.75. The summed E-state index contributed by atoms with van der Waals surface area (Å²) in [6, 6.07) is 0.432. The van der Waals surface area contributed by atoms with Crippen molar-refractivity contribution < 1.29 is 10.0 Å². The van der Waals surface area contributed by atoms with E-state index in [9.17, 15) is 4.79 Å². The van der Waals surface area contributed by atoms with Gasteiger partial charge >= 0.3 is 0 Å². The lowest BCUT2D eigenvalue weighted by Crippen LogP contribution is -2.45. The number of likely N-dealkylation sites (tertiary alicyclic amines) is 1. The van der Waals surface area contributed by atoms with Crippen molar-refractivity contribution in [2.24, 2.45) is 16.3 Å². The fourth-order valence-electron chi connectivity index (χ4n) is 2.74. The van der Waals surface area contributed by atoms with Gasteiger partial charge in [-0.3, -0.25) is 9.69 Å². The zero-order valence-electron chi connectivity index (χ0n) is 10.9. The molecule has 1 saturated heterocycles. The number of oxime groups is 1. The van der Waals surface area contributed by atoms with Crippen molar-refractivity contribution in [2.75, 3.05) is 19.6 Å². The molecular weight excluding hydrogens is 232 g/mol. The van der Waals surface area contributed by atoms with E-state index in [-0.39, 0.29) is 11.7 Å². The highest BCUT2D eigenvalue weighted by molar-refractivity contribution is 6.09. The molecule has 0 bridgehead atoms. The Morgan fingerprint density at radius 1 is 1.61 bits per heavy atom. The van der Waals surface area contributed by atoms with Gasteiger partial charge in [0, 0.05) is 12.6 Å². The SMILES string of the molecule is CCN1CCCC1CNC(=O)C1(C(N)=NO)CC1. The van der Waals surface area contributed by atoms with Crippen molar-refractivity contribution in [3.05, 3.63) is 0 Å². The van der Waals surface area contributed by atoms with Crippen molar-refractivity contribution in [1.82, 2.24) is 10.2 Å². The van der Waals surface area contributed by atoms with Crippen LogP contribution in [0.25, 0.3) is 0 Å². The summed E-state index contributed by atoms with van der Waals surface area (Å²) in [5.74, 6) is -0.0560. The van der Waals surface area contributed by atoms with E-state index in [0.29, 0.717) is 25.4 Å². The summed E-state index contributed by atoms with van der Waals surface area (Å²) < 4.78 is 0. The van der Waals surface area contributed by atoms with Crippen molar-refractivity contribution in [1.29, 1.82) is 0 Å². The van der Waals surface area contributed by atoms with Gasteiger partial charge in [-0.25, -0.2) is 0 Å². The maximum Gasteiger partial charge on any atom is 0.234 e. The molecule has 0 spiro atoms. The highest BCUT2D eigenvalue weighted by Gasteiger charge is 2.54. The lowest BCUT2D eigenvalue weighted by atomic mass is 10.0. The van der Waals surface area contributed by atoms with E-state index in [4.69, 9.17) is 10.9 Å². The molecule has 0 aromatic carbocycles. The first-order valence-electron chi connectivity index (χ1n) is 6.64. The zero-order valence-corrected chi connectivity index (χ0v) is 10.9. The van der Waals surface area contributed by atoms with E-state index in [1.54, 1.807) is 0 Å². The molecule has 1 aliphatic heterocycles. The predicted octanol–water partition coefficient (Wildman–Crippen LogP) is 0.114. The first-order chi connectivity index (χ1) is 8.64. The molecule has 1 aliphatic carbocycles. The largest absolute Gasteiger partial charge is 0.409 e. The van der Waals surface area contributed by atoms with Gasteiger partial charge in [-0.2, -0.15) is 0 Å². The zero-order chi connectivity index (χ0) is 13.2. The van der Waals surface area contributed by atoms with Crippen LogP contribution in [-0.2, 0) is 4.79 Å². The van der Waals surface area contributed by atoms with Gasteiger partial charge in [-0.05, 0) is 38.8 Å². The van der Waals surface area contributed by atoms with Crippen molar-refractivity contribution in [3.63, 3.8) is 0 Å². The number of carbonyl (C=O) groups excluding carboxylic acids is 1. The molecule has 0 aromatic heterocycles. The van der Waals surface area contributed by atoms with E-state index >= 15 is 0 Å². The van der Waals surface area contributed by atoms with Gasteiger partial charge in [0.15, 0.2) is 5.84 Å². The van der Waals surface area contributed by atoms with Crippen LogP contribution < -0.4 is 11.1 Å². The fourth-order valence-corrected chi connectivity index (χ4v) is 2.74. The van der Waals surface area contributed by atoms with Crippen molar-refractivity contribution in [2.45, 2.75) is 38.6 Å². The smallest absolute Gasteiger partial charge is 0.234 e. The standard InChI is InChI=1S/C12H22N4O2/c1-2-16-7-3-4-9(16)8-14-11(17)12(5-6-12)10(13)15-18/h9,18H,2-8H2,1H3,(H2,13,15)(H,14,17). The van der Waals surface area contributed by atoms with Crippen LogP contribution in [-0.4, -0.2) is 47.5 Å². The number of amides is 1. The average molecular weight is 254 g/mol. The monoisotopic (exact) mass is 254 g/mol. The second kappa shape index (κ2) is 5.14. The number of nitrogens with two attached hydrogens (primary N) is 1. The first-order valence-corrected chi connectivity index (χ1v) is 6.64. The van der Waals surface area contributed by atoms with Crippen LogP contribution in [0.3, 0.4) is 0 Å². The Balaban J connectivity index is 1.86. The van der Waals surface area contributed by atoms with Crippen LogP contribution in [0.4, 0.5) is 0 Å². The van der Waals surface area contributed by atoms with Crippen molar-refractivity contribution in [3.8, 4) is 0 Å². The van der Waals surface area contributed by atoms with Crippen LogP contribution in [0.5, 0.6) is 0 Å². The summed E-state index contributed by atoms with van der Waals surface area (Å²) >= 11 is 0. The summed E-state index contributed by atoms with van der Waals surface area (Å²) in [7, 11) is 0. The molecule has 18 heavy (non-hydrogen) atoms. The first kappa shape index (κ1) is 13.1. The maximum atomic E-state index is 12.1. The Labute approximate surface area is 107 Å².